The van der Waals surface area contributed by atoms with Gasteiger partial charge in [-0.15, -0.1) is 0 Å². The van der Waals surface area contributed by atoms with Gasteiger partial charge < -0.3 is 0 Å². The van der Waals surface area contributed by atoms with Crippen molar-refractivity contribution in [2.45, 2.75) is 26.6 Å². The number of rotatable bonds is 2. The molecule has 2 heterocycles. The van der Waals surface area contributed by atoms with Crippen LogP contribution in [0.4, 0.5) is 13.2 Å². The van der Waals surface area contributed by atoms with Crippen LogP contribution >= 0.6 is 11.6 Å². The van der Waals surface area contributed by atoms with Gasteiger partial charge in [-0.05, 0) is 26.0 Å². The lowest BCUT2D eigenvalue weighted by Crippen LogP contribution is -2.36. The van der Waals surface area contributed by atoms with Gasteiger partial charge in [0.1, 0.15) is 5.15 Å². The maximum Gasteiger partial charge on any atom is 0.395 e. The second-order valence-electron chi connectivity index (χ2n) is 4.73. The summed E-state index contributed by atoms with van der Waals surface area (Å²) in [5.74, 6) is 0. The zero-order valence-corrected chi connectivity index (χ0v) is 10.5. The van der Waals surface area contributed by atoms with E-state index in [0.29, 0.717) is 11.0 Å². The summed E-state index contributed by atoms with van der Waals surface area (Å²) in [5.41, 5.74) is -1.52. The van der Waals surface area contributed by atoms with Crippen molar-refractivity contribution in [1.29, 1.82) is 0 Å². The predicted octanol–water partition coefficient (Wildman–Crippen LogP) is 3.67. The van der Waals surface area contributed by atoms with Crippen molar-refractivity contribution < 1.29 is 13.2 Å². The fourth-order valence-electron chi connectivity index (χ4n) is 1.51. The molecule has 3 nitrogen and oxygen atoms in total. The first-order valence-electron chi connectivity index (χ1n) is 5.25. The van der Waals surface area contributed by atoms with Crippen LogP contribution in [0.3, 0.4) is 0 Å². The van der Waals surface area contributed by atoms with Crippen molar-refractivity contribution >= 4 is 22.6 Å². The van der Waals surface area contributed by atoms with E-state index in [4.69, 9.17) is 11.6 Å². The number of fused-ring (bicyclic) bond motifs is 1. The van der Waals surface area contributed by atoms with Gasteiger partial charge >= 0.3 is 6.18 Å². The molecule has 2 rings (SSSR count). The molecule has 0 aliphatic carbocycles. The second-order valence-corrected chi connectivity index (χ2v) is 5.12. The van der Waals surface area contributed by atoms with Gasteiger partial charge in [-0.25, -0.2) is 9.67 Å². The van der Waals surface area contributed by atoms with Crippen LogP contribution in [0, 0.1) is 5.41 Å². The molecule has 18 heavy (non-hydrogen) atoms. The van der Waals surface area contributed by atoms with Gasteiger partial charge in [0.15, 0.2) is 5.65 Å². The van der Waals surface area contributed by atoms with Crippen molar-refractivity contribution in [1.82, 2.24) is 14.8 Å². The molecule has 0 bridgehead atoms. The smallest absolute Gasteiger partial charge is 0.246 e. The minimum Gasteiger partial charge on any atom is -0.246 e. The molecule has 0 atom stereocenters. The first-order valence-corrected chi connectivity index (χ1v) is 5.63. The van der Waals surface area contributed by atoms with Gasteiger partial charge in [0.25, 0.3) is 0 Å². The average Bonchev–Trinajstić information content (AvgIpc) is 2.59. The van der Waals surface area contributed by atoms with E-state index in [1.807, 2.05) is 0 Å². The number of hydrogen-bond donors (Lipinski definition) is 0. The van der Waals surface area contributed by atoms with Gasteiger partial charge in [-0.1, -0.05) is 11.6 Å². The topological polar surface area (TPSA) is 30.7 Å². The standard InChI is InChI=1S/C11H11ClF3N3/c1-10(2,11(13,14)15)6-18-9-7(5-16-18)3-4-8(12)17-9/h3-5H,6H2,1-2H3. The van der Waals surface area contributed by atoms with Crippen LogP contribution in [0.2, 0.25) is 5.15 Å². The van der Waals surface area contributed by atoms with Crippen molar-refractivity contribution in [2.75, 3.05) is 0 Å². The largest absolute Gasteiger partial charge is 0.395 e. The highest BCUT2D eigenvalue weighted by molar-refractivity contribution is 6.29. The number of aromatic nitrogens is 3. The first-order chi connectivity index (χ1) is 8.21. The van der Waals surface area contributed by atoms with E-state index in [1.54, 1.807) is 12.1 Å². The van der Waals surface area contributed by atoms with Crippen LogP contribution in [0.25, 0.3) is 11.0 Å². The summed E-state index contributed by atoms with van der Waals surface area (Å²) >= 11 is 5.73. The van der Waals surface area contributed by atoms with Crippen molar-refractivity contribution in [3.05, 3.63) is 23.5 Å². The van der Waals surface area contributed by atoms with Crippen molar-refractivity contribution in [3.8, 4) is 0 Å². The van der Waals surface area contributed by atoms with Crippen LogP contribution in [0.1, 0.15) is 13.8 Å². The number of halogens is 4. The number of nitrogens with zero attached hydrogens (tertiary/aromatic N) is 3. The van der Waals surface area contributed by atoms with Gasteiger partial charge in [0.05, 0.1) is 18.2 Å². The Hall–Kier alpha value is -1.30. The molecule has 2 aromatic rings. The lowest BCUT2D eigenvalue weighted by Gasteiger charge is -2.27. The summed E-state index contributed by atoms with van der Waals surface area (Å²) in [4.78, 5) is 4.00. The van der Waals surface area contributed by atoms with Crippen LogP contribution < -0.4 is 0 Å². The number of hydrogen-bond acceptors (Lipinski definition) is 2. The van der Waals surface area contributed by atoms with Crippen molar-refractivity contribution in [3.63, 3.8) is 0 Å². The van der Waals surface area contributed by atoms with Crippen LogP contribution in [-0.2, 0) is 6.54 Å². The fourth-order valence-corrected chi connectivity index (χ4v) is 1.65. The van der Waals surface area contributed by atoms with Gasteiger partial charge in [0, 0.05) is 5.39 Å². The quantitative estimate of drug-likeness (QED) is 0.784. The molecule has 0 fully saturated rings. The summed E-state index contributed by atoms with van der Waals surface area (Å²) in [6.45, 7) is 1.96. The maximum absolute atomic E-state index is 12.8. The summed E-state index contributed by atoms with van der Waals surface area (Å²) in [5, 5.41) is 4.83. The number of pyridine rings is 1. The van der Waals surface area contributed by atoms with E-state index in [-0.39, 0.29) is 11.7 Å². The first kappa shape index (κ1) is 13.1. The van der Waals surface area contributed by atoms with E-state index in [2.05, 4.69) is 10.1 Å². The highest BCUT2D eigenvalue weighted by Crippen LogP contribution is 2.39. The Morgan fingerprint density at radius 1 is 1.28 bits per heavy atom. The van der Waals surface area contributed by atoms with Crippen LogP contribution in [0.15, 0.2) is 18.3 Å². The van der Waals surface area contributed by atoms with Gasteiger partial charge in [-0.2, -0.15) is 18.3 Å². The zero-order valence-electron chi connectivity index (χ0n) is 9.79. The van der Waals surface area contributed by atoms with E-state index >= 15 is 0 Å². The molecule has 0 spiro atoms. The Bertz CT molecular complexity index is 574. The predicted molar refractivity (Wildman–Crippen MR) is 62.4 cm³/mol. The molecular weight excluding hydrogens is 267 g/mol. The molecule has 0 radical (unpaired) electrons. The molecule has 0 saturated carbocycles. The van der Waals surface area contributed by atoms with E-state index in [9.17, 15) is 13.2 Å². The Morgan fingerprint density at radius 3 is 2.56 bits per heavy atom. The normalized spacial score (nSPS) is 13.2. The third-order valence-corrected chi connectivity index (χ3v) is 2.97. The maximum atomic E-state index is 12.8. The molecule has 7 heteroatoms. The molecule has 0 aliphatic rings. The molecule has 0 aromatic carbocycles. The Kier molecular flexibility index (Phi) is 3.01. The average molecular weight is 278 g/mol. The lowest BCUT2D eigenvalue weighted by atomic mass is 9.93. The monoisotopic (exact) mass is 277 g/mol. The third-order valence-electron chi connectivity index (χ3n) is 2.76. The number of alkyl halides is 3. The summed E-state index contributed by atoms with van der Waals surface area (Å²) < 4.78 is 39.7. The van der Waals surface area contributed by atoms with Gasteiger partial charge in [0.2, 0.25) is 0 Å². The molecule has 98 valence electrons. The minimum atomic E-state index is -4.30. The Balaban J connectivity index is 2.41. The molecule has 2 aromatic heterocycles. The minimum absolute atomic E-state index is 0.231. The van der Waals surface area contributed by atoms with E-state index in [0.717, 1.165) is 13.8 Å². The summed E-state index contributed by atoms with van der Waals surface area (Å²) in [6.07, 6.45) is -2.82. The molecule has 0 saturated heterocycles. The highest BCUT2D eigenvalue weighted by atomic mass is 35.5. The Labute approximate surface area is 107 Å². The molecule has 0 unspecified atom stereocenters. The molecule has 0 N–H and O–H groups in total. The van der Waals surface area contributed by atoms with Crippen molar-refractivity contribution in [2.24, 2.45) is 5.41 Å². The molecular formula is C11H11ClF3N3. The van der Waals surface area contributed by atoms with Gasteiger partial charge in [-0.3, -0.25) is 0 Å². The SMILES string of the molecule is CC(C)(Cn1ncc2ccc(Cl)nc21)C(F)(F)F. The summed E-state index contributed by atoms with van der Waals surface area (Å²) in [6, 6.07) is 3.25. The fraction of sp³-hybridized carbons (Fsp3) is 0.455. The summed E-state index contributed by atoms with van der Waals surface area (Å²) in [7, 11) is 0. The highest BCUT2D eigenvalue weighted by Gasteiger charge is 2.47. The lowest BCUT2D eigenvalue weighted by molar-refractivity contribution is -0.216. The van der Waals surface area contributed by atoms with Crippen LogP contribution in [-0.4, -0.2) is 20.9 Å². The van der Waals surface area contributed by atoms with E-state index in [1.165, 1.54) is 10.9 Å². The third kappa shape index (κ3) is 2.29. The molecule has 0 aliphatic heterocycles. The van der Waals surface area contributed by atoms with E-state index < -0.39 is 11.6 Å². The second kappa shape index (κ2) is 4.12. The Morgan fingerprint density at radius 2 is 1.94 bits per heavy atom. The van der Waals surface area contributed by atoms with Crippen LogP contribution in [0.5, 0.6) is 0 Å². The zero-order chi connectivity index (χ0) is 13.6. The molecule has 0 amide bonds.